The van der Waals surface area contributed by atoms with Crippen LogP contribution in [0.25, 0.3) is 55.3 Å². The van der Waals surface area contributed by atoms with Gasteiger partial charge in [-0.05, 0) is 71.1 Å². The summed E-state index contributed by atoms with van der Waals surface area (Å²) >= 11 is 0. The summed E-state index contributed by atoms with van der Waals surface area (Å²) in [6.07, 6.45) is 1.82. The van der Waals surface area contributed by atoms with Crippen molar-refractivity contribution in [3.8, 4) is 45.2 Å². The maximum Gasteiger partial charge on any atom is 0.189 e. The van der Waals surface area contributed by atoms with Crippen LogP contribution in [0, 0.1) is 6.57 Å². The molecule has 5 nitrogen and oxygen atoms in total. The smallest absolute Gasteiger partial charge is 0.189 e. The number of hydrogen-bond donors (Lipinski definition) is 1. The summed E-state index contributed by atoms with van der Waals surface area (Å²) in [4.78, 5) is 13.4. The molecule has 0 amide bonds. The normalized spacial score (nSPS) is 11.4. The average Bonchev–Trinajstić information content (AvgIpc) is 3.37. The maximum absolute atomic E-state index is 10.8. The largest absolute Gasteiger partial charge is 0.507 e. The van der Waals surface area contributed by atoms with Gasteiger partial charge in [0.1, 0.15) is 11.6 Å². The Morgan fingerprint density at radius 3 is 2.27 bits per heavy atom. The van der Waals surface area contributed by atoms with Gasteiger partial charge in [-0.1, -0.05) is 69.3 Å². The zero-order valence-corrected chi connectivity index (χ0v) is 22.6. The van der Waals surface area contributed by atoms with E-state index in [4.69, 9.17) is 11.6 Å². The summed E-state index contributed by atoms with van der Waals surface area (Å²) in [5, 5.41) is 10.8. The highest BCUT2D eigenvalue weighted by molar-refractivity contribution is 5.96. The van der Waals surface area contributed by atoms with E-state index < -0.39 is 0 Å². The molecule has 0 atom stereocenters. The average molecular weight is 521 g/mol. The zero-order valence-electron chi connectivity index (χ0n) is 22.6. The number of rotatable bonds is 4. The highest BCUT2D eigenvalue weighted by Gasteiger charge is 2.22. The molecule has 5 heteroatoms. The van der Waals surface area contributed by atoms with Gasteiger partial charge in [-0.15, -0.1) is 0 Å². The lowest BCUT2D eigenvalue weighted by atomic mass is 9.83. The van der Waals surface area contributed by atoms with Crippen LogP contribution in [0.3, 0.4) is 0 Å². The molecule has 2 aromatic heterocycles. The van der Waals surface area contributed by atoms with E-state index in [1.54, 1.807) is 18.2 Å². The molecule has 6 rings (SSSR count). The van der Waals surface area contributed by atoms with Crippen molar-refractivity contribution in [1.82, 2.24) is 14.5 Å². The Labute approximate surface area is 233 Å². The summed E-state index contributed by atoms with van der Waals surface area (Å²) in [5.74, 6) is 0.758. The number of benzene rings is 4. The third kappa shape index (κ3) is 4.50. The van der Waals surface area contributed by atoms with E-state index in [0.29, 0.717) is 17.1 Å². The molecule has 2 heterocycles. The molecule has 0 saturated heterocycles. The van der Waals surface area contributed by atoms with E-state index in [9.17, 15) is 5.11 Å². The Balaban J connectivity index is 1.67. The number of fused-ring (bicyclic) bond motifs is 1. The lowest BCUT2D eigenvalue weighted by Crippen LogP contribution is -2.11. The number of aromatic nitrogens is 3. The van der Waals surface area contributed by atoms with Gasteiger partial charge in [0.15, 0.2) is 5.69 Å². The van der Waals surface area contributed by atoms with E-state index in [1.165, 1.54) is 5.56 Å². The fraction of sp³-hybridized carbons (Fsp3) is 0.114. The van der Waals surface area contributed by atoms with Gasteiger partial charge in [0.25, 0.3) is 0 Å². The Hall–Kier alpha value is -5.21. The fourth-order valence-electron chi connectivity index (χ4n) is 5.04. The minimum Gasteiger partial charge on any atom is -0.507 e. The Morgan fingerprint density at radius 1 is 0.775 bits per heavy atom. The molecule has 0 fully saturated rings. The summed E-state index contributed by atoms with van der Waals surface area (Å²) in [6.45, 7) is 14.2. The second kappa shape index (κ2) is 9.83. The van der Waals surface area contributed by atoms with Crippen LogP contribution >= 0.6 is 0 Å². The van der Waals surface area contributed by atoms with Gasteiger partial charge in [0, 0.05) is 23.0 Å². The number of para-hydroxylation sites is 2. The predicted molar refractivity (Wildman–Crippen MR) is 162 cm³/mol. The van der Waals surface area contributed by atoms with Crippen LogP contribution in [-0.4, -0.2) is 19.6 Å². The molecule has 40 heavy (non-hydrogen) atoms. The van der Waals surface area contributed by atoms with E-state index >= 15 is 0 Å². The minimum absolute atomic E-state index is 0.0754. The van der Waals surface area contributed by atoms with E-state index in [0.717, 1.165) is 39.1 Å². The Bertz CT molecular complexity index is 1910. The molecule has 0 aliphatic rings. The molecule has 0 aliphatic carbocycles. The molecule has 0 spiro atoms. The third-order valence-electron chi connectivity index (χ3n) is 7.12. The molecule has 6 aromatic rings. The Kier molecular flexibility index (Phi) is 6.17. The standard InChI is InChI=1S/C35H28N4O/c1-35(2,3)25-20-23(19-24(21-25)30-15-7-8-18-37-30)28-14-10-16-31-33(28)38-34(29-13-5-6-17-32(29)40)39(31)27-12-9-11-26(22-27)36-4/h5-22,40H,1-3H3. The second-order valence-corrected chi connectivity index (χ2v) is 10.9. The van der Waals surface area contributed by atoms with Crippen molar-refractivity contribution in [3.63, 3.8) is 0 Å². The number of pyridine rings is 1. The maximum atomic E-state index is 10.8. The number of hydrogen-bond acceptors (Lipinski definition) is 3. The molecule has 0 aliphatic heterocycles. The van der Waals surface area contributed by atoms with Crippen LogP contribution < -0.4 is 0 Å². The topological polar surface area (TPSA) is 55.3 Å². The highest BCUT2D eigenvalue weighted by Crippen LogP contribution is 2.39. The molecule has 0 unspecified atom stereocenters. The lowest BCUT2D eigenvalue weighted by molar-refractivity contribution is 0.477. The first-order valence-corrected chi connectivity index (χ1v) is 13.2. The van der Waals surface area contributed by atoms with E-state index in [-0.39, 0.29) is 11.2 Å². The summed E-state index contributed by atoms with van der Waals surface area (Å²) < 4.78 is 2.02. The van der Waals surface area contributed by atoms with Crippen LogP contribution in [0.2, 0.25) is 0 Å². The molecular weight excluding hydrogens is 492 g/mol. The second-order valence-electron chi connectivity index (χ2n) is 10.9. The quantitative estimate of drug-likeness (QED) is 0.236. The van der Waals surface area contributed by atoms with Crippen molar-refractivity contribution in [2.24, 2.45) is 0 Å². The SMILES string of the molecule is [C-]#[N+]c1cccc(-n2c(-c3ccccc3O)nc3c(-c4cc(-c5ccccn5)cc(C(C)(C)C)c4)cccc32)c1. The van der Waals surface area contributed by atoms with Crippen molar-refractivity contribution in [2.75, 3.05) is 0 Å². The Morgan fingerprint density at radius 2 is 1.52 bits per heavy atom. The van der Waals surface area contributed by atoms with Gasteiger partial charge in [-0.2, -0.15) is 0 Å². The molecular formula is C35H28N4O. The first kappa shape index (κ1) is 25.1. The van der Waals surface area contributed by atoms with Gasteiger partial charge in [0.2, 0.25) is 0 Å². The van der Waals surface area contributed by atoms with Gasteiger partial charge in [0.05, 0.1) is 28.9 Å². The summed E-state index contributed by atoms with van der Waals surface area (Å²) in [7, 11) is 0. The van der Waals surface area contributed by atoms with Crippen LogP contribution in [-0.2, 0) is 5.41 Å². The molecule has 0 bridgehead atoms. The monoisotopic (exact) mass is 520 g/mol. The van der Waals surface area contributed by atoms with Crippen LogP contribution in [0.15, 0.2) is 109 Å². The van der Waals surface area contributed by atoms with Gasteiger partial charge in [-0.3, -0.25) is 9.55 Å². The van der Waals surface area contributed by atoms with Gasteiger partial charge < -0.3 is 5.11 Å². The molecule has 194 valence electrons. The van der Waals surface area contributed by atoms with Crippen molar-refractivity contribution in [2.45, 2.75) is 26.2 Å². The van der Waals surface area contributed by atoms with Crippen molar-refractivity contribution in [3.05, 3.63) is 126 Å². The number of phenols is 1. The van der Waals surface area contributed by atoms with Crippen molar-refractivity contribution >= 4 is 16.7 Å². The summed E-state index contributed by atoms with van der Waals surface area (Å²) in [6, 6.07) is 33.4. The molecule has 1 N–H and O–H groups in total. The zero-order chi connectivity index (χ0) is 27.9. The predicted octanol–water partition coefficient (Wildman–Crippen LogP) is 8.98. The summed E-state index contributed by atoms with van der Waals surface area (Å²) in [5.41, 5.74) is 8.78. The first-order chi connectivity index (χ1) is 19.3. The number of phenolic OH excluding ortho intramolecular Hbond substituents is 1. The molecule has 4 aromatic carbocycles. The lowest BCUT2D eigenvalue weighted by Gasteiger charge is -2.21. The van der Waals surface area contributed by atoms with Gasteiger partial charge in [-0.25, -0.2) is 9.83 Å². The highest BCUT2D eigenvalue weighted by atomic mass is 16.3. The van der Waals surface area contributed by atoms with E-state index in [1.807, 2.05) is 71.4 Å². The molecule has 0 radical (unpaired) electrons. The van der Waals surface area contributed by atoms with Crippen LogP contribution in [0.1, 0.15) is 26.3 Å². The third-order valence-corrected chi connectivity index (χ3v) is 7.12. The minimum atomic E-state index is -0.0754. The number of aromatic hydroxyl groups is 1. The first-order valence-electron chi connectivity index (χ1n) is 13.2. The van der Waals surface area contributed by atoms with Crippen LogP contribution in [0.5, 0.6) is 5.75 Å². The van der Waals surface area contributed by atoms with Crippen molar-refractivity contribution in [1.29, 1.82) is 0 Å². The molecule has 0 saturated carbocycles. The number of imidazole rings is 1. The van der Waals surface area contributed by atoms with Gasteiger partial charge >= 0.3 is 0 Å². The van der Waals surface area contributed by atoms with Crippen LogP contribution in [0.4, 0.5) is 5.69 Å². The van der Waals surface area contributed by atoms with Crippen molar-refractivity contribution < 1.29 is 5.11 Å². The van der Waals surface area contributed by atoms with E-state index in [2.05, 4.69) is 54.9 Å². The fourth-order valence-corrected chi connectivity index (χ4v) is 5.04. The number of nitrogens with zero attached hydrogens (tertiary/aromatic N) is 4.